The number of nitrogens with zero attached hydrogens (tertiary/aromatic N) is 4. The third kappa shape index (κ3) is 5.55. The van der Waals surface area contributed by atoms with E-state index < -0.39 is 0 Å². The van der Waals surface area contributed by atoms with Crippen molar-refractivity contribution in [1.82, 2.24) is 19.9 Å². The lowest BCUT2D eigenvalue weighted by molar-refractivity contribution is 0.111. The van der Waals surface area contributed by atoms with Crippen molar-refractivity contribution < 1.29 is 9.59 Å². The lowest BCUT2D eigenvalue weighted by Crippen LogP contribution is -1.97. The molecule has 0 aliphatic carbocycles. The Morgan fingerprint density at radius 3 is 1.06 bits per heavy atom. The van der Waals surface area contributed by atoms with Crippen molar-refractivity contribution in [3.8, 4) is 11.4 Å². The summed E-state index contributed by atoms with van der Waals surface area (Å²) in [6.07, 6.45) is 12.1. The highest BCUT2D eigenvalue weighted by Gasteiger charge is 2.04. The molecule has 0 unspecified atom stereocenters. The third-order valence-corrected chi connectivity index (χ3v) is 5.25. The van der Waals surface area contributed by atoms with Gasteiger partial charge in [0.05, 0.1) is 11.4 Å². The molecule has 4 aromatic heterocycles. The number of carbonyl (C=O) groups is 2. The molecule has 0 radical (unpaired) electrons. The Labute approximate surface area is 186 Å². The number of hydrogen-bond donors (Lipinski definition) is 0. The van der Waals surface area contributed by atoms with Gasteiger partial charge >= 0.3 is 0 Å². The van der Waals surface area contributed by atoms with E-state index in [9.17, 15) is 9.59 Å². The van der Waals surface area contributed by atoms with Crippen LogP contribution in [0.25, 0.3) is 11.4 Å². The highest BCUT2D eigenvalue weighted by atomic mass is 16.1. The van der Waals surface area contributed by atoms with Gasteiger partial charge in [0, 0.05) is 24.8 Å². The molecule has 4 aromatic rings. The van der Waals surface area contributed by atoms with Crippen molar-refractivity contribution in [3.05, 3.63) is 107 Å². The average Bonchev–Trinajstić information content (AvgIpc) is 2.87. The van der Waals surface area contributed by atoms with E-state index >= 15 is 0 Å². The van der Waals surface area contributed by atoms with Crippen LogP contribution in [-0.2, 0) is 25.7 Å². The fourth-order valence-corrected chi connectivity index (χ4v) is 3.33. The number of aromatic nitrogens is 4. The van der Waals surface area contributed by atoms with Crippen molar-refractivity contribution in [2.75, 3.05) is 0 Å². The minimum absolute atomic E-state index is 0.448. The van der Waals surface area contributed by atoms with E-state index in [0.29, 0.717) is 11.4 Å². The Morgan fingerprint density at radius 1 is 0.469 bits per heavy atom. The Kier molecular flexibility index (Phi) is 6.82. The van der Waals surface area contributed by atoms with Crippen molar-refractivity contribution >= 4 is 12.6 Å². The molecule has 0 spiro atoms. The molecule has 0 bridgehead atoms. The number of aryl methyl sites for hydroxylation is 4. The topological polar surface area (TPSA) is 85.7 Å². The van der Waals surface area contributed by atoms with Crippen LogP contribution in [0, 0.1) is 0 Å². The van der Waals surface area contributed by atoms with E-state index in [1.54, 1.807) is 24.5 Å². The van der Waals surface area contributed by atoms with E-state index in [-0.39, 0.29) is 0 Å². The van der Waals surface area contributed by atoms with Crippen LogP contribution in [0.5, 0.6) is 0 Å². The number of carbonyl (C=O) groups excluding carboxylic acids is 2. The maximum atomic E-state index is 10.7. The molecule has 158 valence electrons. The maximum Gasteiger partial charge on any atom is 0.168 e. The van der Waals surface area contributed by atoms with Crippen LogP contribution in [0.3, 0.4) is 0 Å². The molecule has 0 saturated carbocycles. The van der Waals surface area contributed by atoms with Gasteiger partial charge < -0.3 is 0 Å². The largest absolute Gasteiger partial charge is 0.296 e. The Bertz CT molecular complexity index is 1070. The predicted octanol–water partition coefficient (Wildman–Crippen LogP) is 4.13. The molecule has 6 heteroatoms. The molecule has 6 nitrogen and oxygen atoms in total. The molecule has 0 aliphatic rings. The van der Waals surface area contributed by atoms with Gasteiger partial charge in [-0.2, -0.15) is 0 Å². The molecule has 0 aliphatic heterocycles. The normalized spacial score (nSPS) is 10.6. The summed E-state index contributed by atoms with van der Waals surface area (Å²) in [4.78, 5) is 38.7. The standard InChI is InChI=1S/C26H22N4O2/c31-17-23-9-5-19(13-27-23)1-3-21-7-11-25(29-15-21)26-12-8-22(16-30-26)4-2-20-6-10-24(18-32)28-14-20/h5-18H,1-4H2. The van der Waals surface area contributed by atoms with Crippen molar-refractivity contribution in [2.24, 2.45) is 0 Å². The molecule has 4 heterocycles. The number of rotatable bonds is 9. The zero-order chi connectivity index (χ0) is 22.2. The summed E-state index contributed by atoms with van der Waals surface area (Å²) in [5.41, 5.74) is 7.03. The van der Waals surface area contributed by atoms with E-state index in [1.165, 1.54) is 0 Å². The number of hydrogen-bond acceptors (Lipinski definition) is 6. The second-order valence-electron chi connectivity index (χ2n) is 7.52. The van der Waals surface area contributed by atoms with Gasteiger partial charge in [-0.05, 0) is 72.2 Å². The zero-order valence-corrected chi connectivity index (χ0v) is 17.5. The van der Waals surface area contributed by atoms with Crippen LogP contribution < -0.4 is 0 Å². The highest BCUT2D eigenvalue weighted by molar-refractivity contribution is 5.71. The van der Waals surface area contributed by atoms with E-state index in [2.05, 4.69) is 32.1 Å². The van der Waals surface area contributed by atoms with Crippen molar-refractivity contribution in [3.63, 3.8) is 0 Å². The second kappa shape index (κ2) is 10.3. The van der Waals surface area contributed by atoms with E-state index in [4.69, 9.17) is 0 Å². The first-order valence-corrected chi connectivity index (χ1v) is 10.4. The Balaban J connectivity index is 1.32. The number of aldehydes is 2. The van der Waals surface area contributed by atoms with Crippen LogP contribution in [0.2, 0.25) is 0 Å². The van der Waals surface area contributed by atoms with Crippen LogP contribution in [0.15, 0.2) is 73.3 Å². The van der Waals surface area contributed by atoms with Gasteiger partial charge in [0.15, 0.2) is 12.6 Å². The lowest BCUT2D eigenvalue weighted by Gasteiger charge is -2.06. The quantitative estimate of drug-likeness (QED) is 0.377. The monoisotopic (exact) mass is 422 g/mol. The molecule has 0 atom stereocenters. The summed E-state index contributed by atoms with van der Waals surface area (Å²) >= 11 is 0. The van der Waals surface area contributed by atoms with Crippen LogP contribution in [-0.4, -0.2) is 32.5 Å². The summed E-state index contributed by atoms with van der Waals surface area (Å²) in [7, 11) is 0. The highest BCUT2D eigenvalue weighted by Crippen LogP contribution is 2.17. The molecule has 0 fully saturated rings. The number of pyridine rings is 4. The molecule has 32 heavy (non-hydrogen) atoms. The SMILES string of the molecule is O=Cc1ccc(CCc2ccc(-c3ccc(CCc4ccc(C=O)nc4)cn3)nc2)cn1. The second-order valence-corrected chi connectivity index (χ2v) is 7.52. The van der Waals surface area contributed by atoms with Crippen LogP contribution in [0.4, 0.5) is 0 Å². The molecule has 0 amide bonds. The fourth-order valence-electron chi connectivity index (χ4n) is 3.33. The first kappa shape index (κ1) is 21.2. The predicted molar refractivity (Wildman–Crippen MR) is 122 cm³/mol. The van der Waals surface area contributed by atoms with Crippen molar-refractivity contribution in [2.45, 2.75) is 25.7 Å². The average molecular weight is 422 g/mol. The molecule has 0 N–H and O–H groups in total. The zero-order valence-electron chi connectivity index (χ0n) is 17.5. The van der Waals surface area contributed by atoms with Gasteiger partial charge in [0.2, 0.25) is 0 Å². The maximum absolute atomic E-state index is 10.7. The fraction of sp³-hybridized carbons (Fsp3) is 0.154. The van der Waals surface area contributed by atoms with Crippen LogP contribution in [0.1, 0.15) is 43.2 Å². The van der Waals surface area contributed by atoms with Gasteiger partial charge in [-0.3, -0.25) is 29.5 Å². The summed E-state index contributed by atoms with van der Waals surface area (Å²) in [5.74, 6) is 0. The van der Waals surface area contributed by atoms with Gasteiger partial charge in [-0.15, -0.1) is 0 Å². The van der Waals surface area contributed by atoms with Gasteiger partial charge in [-0.1, -0.05) is 24.3 Å². The first-order valence-electron chi connectivity index (χ1n) is 10.4. The lowest BCUT2D eigenvalue weighted by atomic mass is 10.1. The molecule has 4 rings (SSSR count). The third-order valence-electron chi connectivity index (χ3n) is 5.25. The molecule has 0 saturated heterocycles. The first-order chi connectivity index (χ1) is 15.7. The summed E-state index contributed by atoms with van der Waals surface area (Å²) in [5, 5.41) is 0. The van der Waals surface area contributed by atoms with Gasteiger partial charge in [0.1, 0.15) is 11.4 Å². The van der Waals surface area contributed by atoms with Crippen LogP contribution >= 0.6 is 0 Å². The minimum atomic E-state index is 0.448. The summed E-state index contributed by atoms with van der Waals surface area (Å²) in [6, 6.07) is 15.5. The van der Waals surface area contributed by atoms with Gasteiger partial charge in [0.25, 0.3) is 0 Å². The Hall–Kier alpha value is -4.06. The molecule has 0 aromatic carbocycles. The smallest absolute Gasteiger partial charge is 0.168 e. The van der Waals surface area contributed by atoms with Gasteiger partial charge in [-0.25, -0.2) is 0 Å². The van der Waals surface area contributed by atoms with E-state index in [1.807, 2.05) is 36.7 Å². The molecular formula is C26H22N4O2. The van der Waals surface area contributed by atoms with E-state index in [0.717, 1.165) is 71.9 Å². The summed E-state index contributed by atoms with van der Waals surface area (Å²) in [6.45, 7) is 0. The minimum Gasteiger partial charge on any atom is -0.296 e. The Morgan fingerprint density at radius 2 is 0.812 bits per heavy atom. The molecular weight excluding hydrogens is 400 g/mol. The van der Waals surface area contributed by atoms with Crippen molar-refractivity contribution in [1.29, 1.82) is 0 Å². The summed E-state index contributed by atoms with van der Waals surface area (Å²) < 4.78 is 0.